The van der Waals surface area contributed by atoms with Gasteiger partial charge in [0.05, 0.1) is 10.6 Å². The van der Waals surface area contributed by atoms with Gasteiger partial charge in [0.25, 0.3) is 5.91 Å². The molecule has 0 saturated heterocycles. The van der Waals surface area contributed by atoms with Crippen LogP contribution >= 0.6 is 23.2 Å². The summed E-state index contributed by atoms with van der Waals surface area (Å²) in [7, 11) is -4.18. The Balaban J connectivity index is 2.39. The minimum atomic E-state index is -4.18. The van der Waals surface area contributed by atoms with Crippen LogP contribution in [0.4, 0.5) is 10.1 Å². The van der Waals surface area contributed by atoms with Crippen molar-refractivity contribution in [3.05, 3.63) is 57.8 Å². The summed E-state index contributed by atoms with van der Waals surface area (Å²) >= 11 is 11.3. The Kier molecular flexibility index (Phi) is 4.72. The van der Waals surface area contributed by atoms with Gasteiger partial charge in [-0.15, -0.1) is 0 Å². The molecule has 0 heterocycles. The lowest BCUT2D eigenvalue weighted by Crippen LogP contribution is -2.17. The van der Waals surface area contributed by atoms with E-state index in [2.05, 4.69) is 5.32 Å². The monoisotopic (exact) mass is 362 g/mol. The number of amides is 1. The van der Waals surface area contributed by atoms with Gasteiger partial charge >= 0.3 is 0 Å². The van der Waals surface area contributed by atoms with Crippen LogP contribution in [0.1, 0.15) is 10.4 Å². The van der Waals surface area contributed by atoms with Crippen LogP contribution in [0.15, 0.2) is 41.3 Å². The highest BCUT2D eigenvalue weighted by molar-refractivity contribution is 7.89. The van der Waals surface area contributed by atoms with Crippen molar-refractivity contribution < 1.29 is 17.6 Å². The number of benzene rings is 2. The van der Waals surface area contributed by atoms with Gasteiger partial charge in [0.15, 0.2) is 0 Å². The minimum absolute atomic E-state index is 0.362. The van der Waals surface area contributed by atoms with Gasteiger partial charge in [-0.25, -0.2) is 17.9 Å². The van der Waals surface area contributed by atoms with Gasteiger partial charge in [-0.2, -0.15) is 0 Å². The van der Waals surface area contributed by atoms with Crippen LogP contribution in [0.5, 0.6) is 0 Å². The van der Waals surface area contributed by atoms with Gasteiger partial charge in [0, 0.05) is 10.7 Å². The van der Waals surface area contributed by atoms with Crippen LogP contribution in [0.3, 0.4) is 0 Å². The third-order valence-electron chi connectivity index (χ3n) is 2.67. The van der Waals surface area contributed by atoms with Crippen LogP contribution in [0.2, 0.25) is 10.0 Å². The number of rotatable bonds is 3. The van der Waals surface area contributed by atoms with Gasteiger partial charge in [0.1, 0.15) is 10.7 Å². The lowest BCUT2D eigenvalue weighted by atomic mass is 10.2. The number of anilines is 1. The predicted molar refractivity (Wildman–Crippen MR) is 82.2 cm³/mol. The molecule has 22 heavy (non-hydrogen) atoms. The molecule has 2 aromatic rings. The molecule has 0 aliphatic heterocycles. The first-order valence-electron chi connectivity index (χ1n) is 5.77. The molecule has 1 amide bonds. The summed E-state index contributed by atoms with van der Waals surface area (Å²) in [5.41, 5.74) is -0.135. The second kappa shape index (κ2) is 6.21. The fraction of sp³-hybridized carbons (Fsp3) is 0. The highest BCUT2D eigenvalue weighted by Crippen LogP contribution is 2.25. The lowest BCUT2D eigenvalue weighted by molar-refractivity contribution is 0.102. The molecule has 0 aromatic heterocycles. The number of nitrogens with one attached hydrogen (secondary N) is 1. The maximum absolute atomic E-state index is 13.8. The molecule has 0 unspecified atom stereocenters. The van der Waals surface area contributed by atoms with Crippen LogP contribution < -0.4 is 10.5 Å². The maximum Gasteiger partial charge on any atom is 0.258 e. The molecule has 0 saturated carbocycles. The first-order valence-corrected chi connectivity index (χ1v) is 8.07. The third kappa shape index (κ3) is 3.75. The minimum Gasteiger partial charge on any atom is -0.322 e. The molecule has 0 aliphatic carbocycles. The molecular formula is C13H9Cl2FN2O3S. The van der Waals surface area contributed by atoms with Crippen molar-refractivity contribution in [2.45, 2.75) is 4.90 Å². The number of hydrogen-bond donors (Lipinski definition) is 2. The second-order valence-corrected chi connectivity index (χ2v) is 6.64. The van der Waals surface area contributed by atoms with E-state index in [0.717, 1.165) is 12.1 Å². The highest BCUT2D eigenvalue weighted by Gasteiger charge is 2.20. The number of hydrogen-bond acceptors (Lipinski definition) is 3. The van der Waals surface area contributed by atoms with Gasteiger partial charge in [-0.3, -0.25) is 4.79 Å². The zero-order chi connectivity index (χ0) is 16.5. The molecule has 116 valence electrons. The molecule has 0 spiro atoms. The van der Waals surface area contributed by atoms with E-state index >= 15 is 0 Å². The van der Waals surface area contributed by atoms with Crippen molar-refractivity contribution in [2.75, 3.05) is 5.32 Å². The standard InChI is InChI=1S/C13H9Cl2FN2O3S/c14-7-1-3-8(4-2-7)18-13(19)9-5-12(22(17,20)21)10(15)6-11(9)16/h1-6H,(H,18,19)(H2,17,20,21). The molecule has 0 aliphatic rings. The van der Waals surface area contributed by atoms with Crippen LogP contribution in [0.25, 0.3) is 0 Å². The summed E-state index contributed by atoms with van der Waals surface area (Å²) in [6, 6.07) is 7.59. The van der Waals surface area contributed by atoms with Gasteiger partial charge in [-0.05, 0) is 36.4 Å². The average molecular weight is 363 g/mol. The number of sulfonamides is 1. The van der Waals surface area contributed by atoms with Crippen molar-refractivity contribution >= 4 is 44.8 Å². The third-order valence-corrected chi connectivity index (χ3v) is 4.30. The zero-order valence-corrected chi connectivity index (χ0v) is 13.1. The maximum atomic E-state index is 13.8. The van der Waals surface area contributed by atoms with E-state index in [1.54, 1.807) is 0 Å². The summed E-state index contributed by atoms with van der Waals surface area (Å²) in [4.78, 5) is 11.5. The Morgan fingerprint density at radius 2 is 1.73 bits per heavy atom. The topological polar surface area (TPSA) is 89.3 Å². The van der Waals surface area contributed by atoms with Gasteiger partial charge in [0.2, 0.25) is 10.0 Å². The summed E-state index contributed by atoms with van der Waals surface area (Å²) < 4.78 is 36.6. The normalized spacial score (nSPS) is 11.3. The van der Waals surface area contributed by atoms with Gasteiger partial charge in [-0.1, -0.05) is 23.2 Å². The highest BCUT2D eigenvalue weighted by atomic mass is 35.5. The zero-order valence-electron chi connectivity index (χ0n) is 10.8. The largest absolute Gasteiger partial charge is 0.322 e. The average Bonchev–Trinajstić information content (AvgIpc) is 2.39. The van der Waals surface area contributed by atoms with E-state index < -0.39 is 37.2 Å². The molecule has 3 N–H and O–H groups in total. The number of nitrogens with two attached hydrogens (primary N) is 1. The number of carbonyl (C=O) groups is 1. The summed E-state index contributed by atoms with van der Waals surface area (Å²) in [5.74, 6) is -1.81. The van der Waals surface area contributed by atoms with E-state index in [1.165, 1.54) is 24.3 Å². The molecule has 0 atom stereocenters. The first-order chi connectivity index (χ1) is 10.2. The lowest BCUT2D eigenvalue weighted by Gasteiger charge is -2.09. The van der Waals surface area contributed by atoms with Crippen LogP contribution in [-0.4, -0.2) is 14.3 Å². The quantitative estimate of drug-likeness (QED) is 0.879. The first kappa shape index (κ1) is 16.7. The summed E-state index contributed by atoms with van der Waals surface area (Å²) in [5, 5.41) is 7.44. The Hall–Kier alpha value is -1.67. The molecule has 0 radical (unpaired) electrons. The van der Waals surface area contributed by atoms with E-state index in [0.29, 0.717) is 10.7 Å². The van der Waals surface area contributed by atoms with Crippen LogP contribution in [-0.2, 0) is 10.0 Å². The summed E-state index contributed by atoms with van der Waals surface area (Å²) in [6.07, 6.45) is 0. The molecule has 2 aromatic carbocycles. The number of halogens is 3. The molecule has 0 bridgehead atoms. The Bertz CT molecular complexity index is 839. The molecular weight excluding hydrogens is 354 g/mol. The van der Waals surface area contributed by atoms with E-state index in [1.807, 2.05) is 0 Å². The fourth-order valence-corrected chi connectivity index (χ4v) is 2.86. The van der Waals surface area contributed by atoms with Crippen molar-refractivity contribution in [3.63, 3.8) is 0 Å². The Morgan fingerprint density at radius 1 is 1.14 bits per heavy atom. The molecule has 9 heteroatoms. The molecule has 2 rings (SSSR count). The van der Waals surface area contributed by atoms with Crippen molar-refractivity contribution in [2.24, 2.45) is 5.14 Å². The van der Waals surface area contributed by atoms with Crippen molar-refractivity contribution in [3.8, 4) is 0 Å². The second-order valence-electron chi connectivity index (χ2n) is 4.27. The number of carbonyl (C=O) groups excluding carboxylic acids is 1. The van der Waals surface area contributed by atoms with E-state index in [4.69, 9.17) is 28.3 Å². The van der Waals surface area contributed by atoms with E-state index in [-0.39, 0.29) is 0 Å². The smallest absolute Gasteiger partial charge is 0.258 e. The fourth-order valence-electron chi connectivity index (χ4n) is 1.65. The SMILES string of the molecule is NS(=O)(=O)c1cc(C(=O)Nc2ccc(Cl)cc2)c(F)cc1Cl. The van der Waals surface area contributed by atoms with Crippen molar-refractivity contribution in [1.82, 2.24) is 0 Å². The molecule has 0 fully saturated rings. The Morgan fingerprint density at radius 3 is 2.27 bits per heavy atom. The van der Waals surface area contributed by atoms with Crippen LogP contribution in [0, 0.1) is 5.82 Å². The van der Waals surface area contributed by atoms with E-state index in [9.17, 15) is 17.6 Å². The predicted octanol–water partition coefficient (Wildman–Crippen LogP) is 3.03. The molecule has 5 nitrogen and oxygen atoms in total. The Labute approximate surface area is 135 Å². The van der Waals surface area contributed by atoms with Crippen molar-refractivity contribution in [1.29, 1.82) is 0 Å². The number of primary sulfonamides is 1. The van der Waals surface area contributed by atoms with Gasteiger partial charge < -0.3 is 5.32 Å². The summed E-state index contributed by atoms with van der Waals surface area (Å²) in [6.45, 7) is 0.